The van der Waals surface area contributed by atoms with E-state index in [-0.39, 0.29) is 17.9 Å². The average molecular weight is 381 g/mol. The van der Waals surface area contributed by atoms with Crippen LogP contribution in [0.25, 0.3) is 0 Å². The standard InChI is InChI=1S/C22H24N2O2S/c1-15-5-4-6-17(13-15)27-16-9-11-24(12-10-16)21(25)14-20-18-7-2-3-8-19(18)22(26)23-20/h2-8,13,16,20H,9-12,14H2,1H3,(H,23,26)/t20-/m0/s1. The number of hydrogen-bond acceptors (Lipinski definition) is 3. The normalized spacial score (nSPS) is 19.7. The Balaban J connectivity index is 1.31. The van der Waals surface area contributed by atoms with Gasteiger partial charge in [0.05, 0.1) is 12.5 Å². The lowest BCUT2D eigenvalue weighted by molar-refractivity contribution is -0.132. The van der Waals surface area contributed by atoms with Gasteiger partial charge in [0.2, 0.25) is 5.91 Å². The van der Waals surface area contributed by atoms with Gasteiger partial charge in [0.15, 0.2) is 0 Å². The molecule has 140 valence electrons. The third-order valence-electron chi connectivity index (χ3n) is 5.35. The molecule has 0 radical (unpaired) electrons. The van der Waals surface area contributed by atoms with Crippen molar-refractivity contribution in [1.29, 1.82) is 0 Å². The molecule has 0 aromatic heterocycles. The van der Waals surface area contributed by atoms with Crippen molar-refractivity contribution < 1.29 is 9.59 Å². The summed E-state index contributed by atoms with van der Waals surface area (Å²) in [6, 6.07) is 16.0. The van der Waals surface area contributed by atoms with Crippen molar-refractivity contribution in [1.82, 2.24) is 10.2 Å². The Morgan fingerprint density at radius 1 is 1.15 bits per heavy atom. The maximum atomic E-state index is 12.7. The Kier molecular flexibility index (Phi) is 5.21. The molecule has 0 aliphatic carbocycles. The highest BCUT2D eigenvalue weighted by Crippen LogP contribution is 2.32. The number of carbonyl (C=O) groups excluding carboxylic acids is 2. The van der Waals surface area contributed by atoms with Gasteiger partial charge in [-0.1, -0.05) is 35.9 Å². The number of rotatable bonds is 4. The average Bonchev–Trinajstić information content (AvgIpc) is 2.98. The number of benzene rings is 2. The summed E-state index contributed by atoms with van der Waals surface area (Å²) in [6.07, 6.45) is 2.37. The van der Waals surface area contributed by atoms with E-state index >= 15 is 0 Å². The van der Waals surface area contributed by atoms with Crippen molar-refractivity contribution in [2.24, 2.45) is 0 Å². The molecule has 2 heterocycles. The lowest BCUT2D eigenvalue weighted by atomic mass is 10.0. The Hall–Kier alpha value is -2.27. The van der Waals surface area contributed by atoms with E-state index in [0.717, 1.165) is 31.5 Å². The lowest BCUT2D eigenvalue weighted by Crippen LogP contribution is -2.40. The summed E-state index contributed by atoms with van der Waals surface area (Å²) in [5, 5.41) is 3.50. The van der Waals surface area contributed by atoms with Gasteiger partial charge in [-0.2, -0.15) is 0 Å². The maximum absolute atomic E-state index is 12.7. The van der Waals surface area contributed by atoms with Crippen LogP contribution in [0.2, 0.25) is 0 Å². The van der Waals surface area contributed by atoms with Crippen LogP contribution in [-0.4, -0.2) is 35.1 Å². The van der Waals surface area contributed by atoms with Crippen LogP contribution in [0, 0.1) is 6.92 Å². The van der Waals surface area contributed by atoms with Gasteiger partial charge in [0.25, 0.3) is 5.91 Å². The first kappa shape index (κ1) is 18.1. The van der Waals surface area contributed by atoms with Crippen molar-refractivity contribution in [3.8, 4) is 0 Å². The summed E-state index contributed by atoms with van der Waals surface area (Å²) in [6.45, 7) is 3.71. The van der Waals surface area contributed by atoms with Gasteiger partial charge in [-0.3, -0.25) is 9.59 Å². The summed E-state index contributed by atoms with van der Waals surface area (Å²) >= 11 is 1.92. The topological polar surface area (TPSA) is 49.4 Å². The second-order valence-electron chi connectivity index (χ2n) is 7.33. The number of hydrogen-bond donors (Lipinski definition) is 1. The molecule has 1 fully saturated rings. The first-order valence-electron chi connectivity index (χ1n) is 9.51. The molecule has 27 heavy (non-hydrogen) atoms. The number of nitrogens with one attached hydrogen (secondary N) is 1. The van der Waals surface area contributed by atoms with Crippen molar-refractivity contribution >= 4 is 23.6 Å². The van der Waals surface area contributed by atoms with E-state index in [1.807, 2.05) is 40.9 Å². The van der Waals surface area contributed by atoms with Gasteiger partial charge in [0, 0.05) is 28.8 Å². The van der Waals surface area contributed by atoms with Crippen LogP contribution in [0.5, 0.6) is 0 Å². The quantitative estimate of drug-likeness (QED) is 0.874. The number of carbonyl (C=O) groups is 2. The van der Waals surface area contributed by atoms with Crippen molar-refractivity contribution in [2.75, 3.05) is 13.1 Å². The number of piperidine rings is 1. The number of fused-ring (bicyclic) bond motifs is 1. The van der Waals surface area contributed by atoms with Crippen molar-refractivity contribution in [2.45, 2.75) is 42.4 Å². The molecule has 2 aromatic rings. The Bertz CT molecular complexity index is 859. The fraction of sp³-hybridized carbons (Fsp3) is 0.364. The largest absolute Gasteiger partial charge is 0.345 e. The molecule has 1 saturated heterocycles. The van der Waals surface area contributed by atoms with E-state index < -0.39 is 0 Å². The van der Waals surface area contributed by atoms with Gasteiger partial charge in [0.1, 0.15) is 0 Å². The molecule has 1 N–H and O–H groups in total. The van der Waals surface area contributed by atoms with Gasteiger partial charge < -0.3 is 10.2 Å². The van der Waals surface area contributed by atoms with E-state index in [1.165, 1.54) is 10.5 Å². The lowest BCUT2D eigenvalue weighted by Gasteiger charge is -2.32. The van der Waals surface area contributed by atoms with Gasteiger partial charge in [-0.15, -0.1) is 11.8 Å². The van der Waals surface area contributed by atoms with Crippen LogP contribution >= 0.6 is 11.8 Å². The van der Waals surface area contributed by atoms with Crippen LogP contribution < -0.4 is 5.32 Å². The third-order valence-corrected chi connectivity index (χ3v) is 6.68. The molecular weight excluding hydrogens is 356 g/mol. The minimum Gasteiger partial charge on any atom is -0.345 e. The second-order valence-corrected chi connectivity index (χ2v) is 8.71. The fourth-order valence-corrected chi connectivity index (χ4v) is 5.13. The van der Waals surface area contributed by atoms with E-state index in [0.29, 0.717) is 17.2 Å². The van der Waals surface area contributed by atoms with Crippen molar-refractivity contribution in [3.05, 3.63) is 65.2 Å². The number of likely N-dealkylation sites (tertiary alicyclic amines) is 1. The number of thioether (sulfide) groups is 1. The minimum atomic E-state index is -0.194. The highest BCUT2D eigenvalue weighted by atomic mass is 32.2. The summed E-state index contributed by atoms with van der Waals surface area (Å²) in [7, 11) is 0. The molecule has 4 rings (SSSR count). The molecule has 0 saturated carbocycles. The maximum Gasteiger partial charge on any atom is 0.252 e. The fourth-order valence-electron chi connectivity index (χ4n) is 3.89. The SMILES string of the molecule is Cc1cccc(SC2CCN(C(=O)C[C@@H]3NC(=O)c4ccccc43)CC2)c1. The van der Waals surface area contributed by atoms with Crippen LogP contribution in [-0.2, 0) is 4.79 Å². The molecule has 5 heteroatoms. The van der Waals surface area contributed by atoms with Crippen LogP contribution in [0.1, 0.15) is 46.8 Å². The van der Waals surface area contributed by atoms with E-state index in [1.54, 1.807) is 0 Å². The zero-order valence-corrected chi connectivity index (χ0v) is 16.3. The number of amides is 2. The summed E-state index contributed by atoms with van der Waals surface area (Å²) in [4.78, 5) is 28.1. The highest BCUT2D eigenvalue weighted by molar-refractivity contribution is 8.00. The molecule has 2 aliphatic rings. The van der Waals surface area contributed by atoms with E-state index in [9.17, 15) is 9.59 Å². The molecule has 0 spiro atoms. The predicted octanol–water partition coefficient (Wildman–Crippen LogP) is 3.95. The Morgan fingerprint density at radius 3 is 2.70 bits per heavy atom. The predicted molar refractivity (Wildman–Crippen MR) is 108 cm³/mol. The van der Waals surface area contributed by atoms with Crippen LogP contribution in [0.4, 0.5) is 0 Å². The number of aryl methyl sites for hydroxylation is 1. The molecule has 2 aromatic carbocycles. The summed E-state index contributed by atoms with van der Waals surface area (Å²) in [5.41, 5.74) is 2.93. The van der Waals surface area contributed by atoms with Crippen molar-refractivity contribution in [3.63, 3.8) is 0 Å². The molecule has 0 unspecified atom stereocenters. The molecule has 4 nitrogen and oxygen atoms in total. The molecule has 0 bridgehead atoms. The highest BCUT2D eigenvalue weighted by Gasteiger charge is 2.32. The minimum absolute atomic E-state index is 0.0725. The number of nitrogens with zero attached hydrogens (tertiary/aromatic N) is 1. The van der Waals surface area contributed by atoms with Gasteiger partial charge in [-0.25, -0.2) is 0 Å². The zero-order valence-electron chi connectivity index (χ0n) is 15.5. The van der Waals surface area contributed by atoms with Gasteiger partial charge >= 0.3 is 0 Å². The van der Waals surface area contributed by atoms with Crippen LogP contribution in [0.15, 0.2) is 53.4 Å². The third kappa shape index (κ3) is 4.03. The second kappa shape index (κ2) is 7.77. The van der Waals surface area contributed by atoms with Crippen LogP contribution in [0.3, 0.4) is 0 Å². The summed E-state index contributed by atoms with van der Waals surface area (Å²) in [5.74, 6) is 0.0627. The molecule has 2 aliphatic heterocycles. The molecular formula is C22H24N2O2S. The Labute approximate surface area is 164 Å². The van der Waals surface area contributed by atoms with E-state index in [4.69, 9.17) is 0 Å². The Morgan fingerprint density at radius 2 is 1.93 bits per heavy atom. The smallest absolute Gasteiger partial charge is 0.252 e. The van der Waals surface area contributed by atoms with E-state index in [2.05, 4.69) is 36.5 Å². The monoisotopic (exact) mass is 380 g/mol. The first-order chi connectivity index (χ1) is 13.1. The summed E-state index contributed by atoms with van der Waals surface area (Å²) < 4.78 is 0. The molecule has 1 atom stereocenters. The zero-order chi connectivity index (χ0) is 18.8. The first-order valence-corrected chi connectivity index (χ1v) is 10.4. The van der Waals surface area contributed by atoms with Gasteiger partial charge in [-0.05, 0) is 43.5 Å². The molecule has 2 amide bonds.